The van der Waals surface area contributed by atoms with Crippen molar-refractivity contribution in [3.8, 4) is 11.5 Å². The molecule has 1 aliphatic rings. The maximum Gasteiger partial charge on any atom is 0.314 e. The lowest BCUT2D eigenvalue weighted by atomic mass is 10.3. The molecule has 1 fully saturated rings. The highest BCUT2D eigenvalue weighted by Crippen LogP contribution is 2.31. The van der Waals surface area contributed by atoms with Crippen molar-refractivity contribution in [3.05, 3.63) is 24.3 Å². The lowest BCUT2D eigenvalue weighted by molar-refractivity contribution is -0.135. The topological polar surface area (TPSA) is 46.5 Å². The average Bonchev–Trinajstić information content (AvgIpc) is 2.85. The fourth-order valence-electron chi connectivity index (χ4n) is 1.07. The molecular formula is C10H10O3. The van der Waals surface area contributed by atoms with E-state index in [0.717, 1.165) is 12.8 Å². The highest BCUT2D eigenvalue weighted by atomic mass is 16.5. The van der Waals surface area contributed by atoms with E-state index < -0.39 is 0 Å². The molecule has 0 atom stereocenters. The molecule has 1 aromatic carbocycles. The van der Waals surface area contributed by atoms with Crippen LogP contribution < -0.4 is 4.74 Å². The summed E-state index contributed by atoms with van der Waals surface area (Å²) in [6.45, 7) is 0. The average molecular weight is 178 g/mol. The summed E-state index contributed by atoms with van der Waals surface area (Å²) >= 11 is 0. The minimum Gasteiger partial charge on any atom is -0.508 e. The first-order valence-electron chi connectivity index (χ1n) is 4.26. The Bertz CT molecular complexity index is 329. The number of phenolic OH excluding ortho intramolecular Hbond substituents is 1. The van der Waals surface area contributed by atoms with Gasteiger partial charge >= 0.3 is 5.97 Å². The molecule has 1 aliphatic carbocycles. The molecule has 0 radical (unpaired) electrons. The van der Waals surface area contributed by atoms with E-state index in [9.17, 15) is 4.79 Å². The largest absolute Gasteiger partial charge is 0.508 e. The highest BCUT2D eigenvalue weighted by molar-refractivity contribution is 5.77. The minimum absolute atomic E-state index is 0.0855. The van der Waals surface area contributed by atoms with Gasteiger partial charge in [0.25, 0.3) is 0 Å². The predicted molar refractivity (Wildman–Crippen MR) is 46.5 cm³/mol. The van der Waals surface area contributed by atoms with E-state index in [0.29, 0.717) is 5.75 Å². The molecule has 2 rings (SSSR count). The number of benzene rings is 1. The van der Waals surface area contributed by atoms with Crippen LogP contribution in [-0.2, 0) is 4.79 Å². The van der Waals surface area contributed by atoms with E-state index in [1.165, 1.54) is 12.1 Å². The summed E-state index contributed by atoms with van der Waals surface area (Å²) in [4.78, 5) is 11.2. The SMILES string of the molecule is O=C(Oc1cccc(O)c1)C1CC1. The van der Waals surface area contributed by atoms with Crippen molar-refractivity contribution in [1.29, 1.82) is 0 Å². The number of hydrogen-bond acceptors (Lipinski definition) is 3. The van der Waals surface area contributed by atoms with Gasteiger partial charge < -0.3 is 9.84 Å². The van der Waals surface area contributed by atoms with Crippen molar-refractivity contribution in [2.24, 2.45) is 5.92 Å². The van der Waals surface area contributed by atoms with E-state index in [1.807, 2.05) is 0 Å². The number of aromatic hydroxyl groups is 1. The van der Waals surface area contributed by atoms with E-state index in [-0.39, 0.29) is 17.6 Å². The van der Waals surface area contributed by atoms with Crippen molar-refractivity contribution < 1.29 is 14.6 Å². The van der Waals surface area contributed by atoms with E-state index in [1.54, 1.807) is 12.1 Å². The highest BCUT2D eigenvalue weighted by Gasteiger charge is 2.31. The minimum atomic E-state index is -0.189. The van der Waals surface area contributed by atoms with E-state index in [4.69, 9.17) is 9.84 Å². The fraction of sp³-hybridized carbons (Fsp3) is 0.300. The molecule has 3 heteroatoms. The van der Waals surface area contributed by atoms with Crippen molar-refractivity contribution in [2.45, 2.75) is 12.8 Å². The molecule has 68 valence electrons. The van der Waals surface area contributed by atoms with Gasteiger partial charge in [-0.05, 0) is 25.0 Å². The number of carbonyl (C=O) groups excluding carboxylic acids is 1. The number of ether oxygens (including phenoxy) is 1. The molecule has 0 bridgehead atoms. The molecular weight excluding hydrogens is 168 g/mol. The standard InChI is InChI=1S/C10H10O3/c11-8-2-1-3-9(6-8)13-10(12)7-4-5-7/h1-3,6-7,11H,4-5H2. The first kappa shape index (κ1) is 8.10. The molecule has 13 heavy (non-hydrogen) atoms. The van der Waals surface area contributed by atoms with Crippen molar-refractivity contribution in [2.75, 3.05) is 0 Å². The molecule has 0 aliphatic heterocycles. The Balaban J connectivity index is 2.04. The van der Waals surface area contributed by atoms with Crippen molar-refractivity contribution >= 4 is 5.97 Å². The molecule has 3 nitrogen and oxygen atoms in total. The zero-order valence-electron chi connectivity index (χ0n) is 7.06. The van der Waals surface area contributed by atoms with Gasteiger partial charge in [0, 0.05) is 6.07 Å². The molecule has 0 saturated heterocycles. The van der Waals surface area contributed by atoms with E-state index in [2.05, 4.69) is 0 Å². The van der Waals surface area contributed by atoms with Crippen molar-refractivity contribution in [1.82, 2.24) is 0 Å². The van der Waals surface area contributed by atoms with Crippen LogP contribution >= 0.6 is 0 Å². The number of hydrogen-bond donors (Lipinski definition) is 1. The Morgan fingerprint density at radius 2 is 2.23 bits per heavy atom. The molecule has 0 unspecified atom stereocenters. The van der Waals surface area contributed by atoms with Crippen LogP contribution in [0, 0.1) is 5.92 Å². The fourth-order valence-corrected chi connectivity index (χ4v) is 1.07. The van der Waals surface area contributed by atoms with Crippen LogP contribution in [-0.4, -0.2) is 11.1 Å². The number of carbonyl (C=O) groups is 1. The molecule has 1 N–H and O–H groups in total. The van der Waals surface area contributed by atoms with Crippen LogP contribution in [0.25, 0.3) is 0 Å². The summed E-state index contributed by atoms with van der Waals surface area (Å²) in [5.41, 5.74) is 0. The lowest BCUT2D eigenvalue weighted by Crippen LogP contribution is -2.09. The monoisotopic (exact) mass is 178 g/mol. The van der Waals surface area contributed by atoms with Gasteiger partial charge in [-0.2, -0.15) is 0 Å². The van der Waals surface area contributed by atoms with Gasteiger partial charge in [0.1, 0.15) is 11.5 Å². The van der Waals surface area contributed by atoms with Crippen LogP contribution in [0.3, 0.4) is 0 Å². The van der Waals surface area contributed by atoms with Crippen LogP contribution in [0.4, 0.5) is 0 Å². The zero-order chi connectivity index (χ0) is 9.26. The van der Waals surface area contributed by atoms with Crippen LogP contribution in [0.5, 0.6) is 11.5 Å². The number of phenols is 1. The number of rotatable bonds is 2. The maximum atomic E-state index is 11.2. The van der Waals surface area contributed by atoms with E-state index >= 15 is 0 Å². The Hall–Kier alpha value is -1.51. The van der Waals surface area contributed by atoms with Crippen molar-refractivity contribution in [3.63, 3.8) is 0 Å². The molecule has 0 amide bonds. The second-order valence-corrected chi connectivity index (χ2v) is 3.19. The Kier molecular flexibility index (Phi) is 1.93. The normalized spacial score (nSPS) is 15.4. The molecule has 1 aromatic rings. The summed E-state index contributed by atoms with van der Waals surface area (Å²) in [6.07, 6.45) is 1.86. The number of esters is 1. The van der Waals surface area contributed by atoms with Gasteiger partial charge in [0.05, 0.1) is 5.92 Å². The summed E-state index contributed by atoms with van der Waals surface area (Å²) in [7, 11) is 0. The third-order valence-corrected chi connectivity index (χ3v) is 1.95. The molecule has 1 saturated carbocycles. The van der Waals surface area contributed by atoms with Gasteiger partial charge in [-0.3, -0.25) is 4.79 Å². The zero-order valence-corrected chi connectivity index (χ0v) is 7.06. The predicted octanol–water partition coefficient (Wildman–Crippen LogP) is 1.71. The quantitative estimate of drug-likeness (QED) is 0.554. The van der Waals surface area contributed by atoms with Crippen LogP contribution in [0.2, 0.25) is 0 Å². The lowest BCUT2D eigenvalue weighted by Gasteiger charge is -2.02. The Labute approximate surface area is 76.0 Å². The van der Waals surface area contributed by atoms with Gasteiger partial charge in [0.2, 0.25) is 0 Å². The summed E-state index contributed by atoms with van der Waals surface area (Å²) < 4.78 is 5.02. The smallest absolute Gasteiger partial charge is 0.314 e. The Morgan fingerprint density at radius 1 is 1.46 bits per heavy atom. The summed E-state index contributed by atoms with van der Waals surface area (Å²) in [5.74, 6) is 0.422. The van der Waals surface area contributed by atoms with Gasteiger partial charge in [0.15, 0.2) is 0 Å². The third kappa shape index (κ3) is 1.99. The van der Waals surface area contributed by atoms with Gasteiger partial charge in [-0.1, -0.05) is 6.07 Å². The molecule has 0 spiro atoms. The summed E-state index contributed by atoms with van der Waals surface area (Å²) in [6, 6.07) is 6.26. The first-order chi connectivity index (χ1) is 6.25. The van der Waals surface area contributed by atoms with Gasteiger partial charge in [-0.25, -0.2) is 0 Å². The molecule has 0 heterocycles. The second kappa shape index (κ2) is 3.09. The van der Waals surface area contributed by atoms with Crippen LogP contribution in [0.15, 0.2) is 24.3 Å². The summed E-state index contributed by atoms with van der Waals surface area (Å²) in [5, 5.41) is 9.09. The second-order valence-electron chi connectivity index (χ2n) is 3.19. The Morgan fingerprint density at radius 3 is 2.85 bits per heavy atom. The first-order valence-corrected chi connectivity index (χ1v) is 4.26. The maximum absolute atomic E-state index is 11.2. The van der Waals surface area contributed by atoms with Gasteiger partial charge in [-0.15, -0.1) is 0 Å². The molecule has 0 aromatic heterocycles. The van der Waals surface area contributed by atoms with Crippen LogP contribution in [0.1, 0.15) is 12.8 Å². The third-order valence-electron chi connectivity index (χ3n) is 1.95.